The van der Waals surface area contributed by atoms with Crippen LogP contribution in [-0.2, 0) is 14.8 Å². The molecular formula is C23H23ClN2O4S. The molecule has 1 saturated heterocycles. The maximum Gasteiger partial charge on any atom is 0.243 e. The summed E-state index contributed by atoms with van der Waals surface area (Å²) in [5, 5.41) is 5.36. The number of amides is 1. The Hall–Kier alpha value is -2.61. The second-order valence-corrected chi connectivity index (χ2v) is 9.67. The number of fused-ring (bicyclic) bond motifs is 1. The number of nitrogens with one attached hydrogen (secondary N) is 1. The van der Waals surface area contributed by atoms with Crippen LogP contribution in [0.15, 0.2) is 71.6 Å². The SMILES string of the molecule is O=C(NCCOc1cccc2ccccc12)C1CCCN1S(=O)(=O)c1ccc(Cl)cc1. The lowest BCUT2D eigenvalue weighted by molar-refractivity contribution is -0.124. The third kappa shape index (κ3) is 4.69. The molecule has 0 aromatic heterocycles. The van der Waals surface area contributed by atoms with Gasteiger partial charge in [-0.2, -0.15) is 4.31 Å². The van der Waals surface area contributed by atoms with E-state index in [1.165, 1.54) is 28.6 Å². The quantitative estimate of drug-likeness (QED) is 0.546. The zero-order valence-electron chi connectivity index (χ0n) is 16.8. The molecule has 0 aliphatic carbocycles. The Morgan fingerprint density at radius 2 is 1.81 bits per heavy atom. The number of hydrogen-bond acceptors (Lipinski definition) is 4. The van der Waals surface area contributed by atoms with Crippen LogP contribution < -0.4 is 10.1 Å². The highest BCUT2D eigenvalue weighted by molar-refractivity contribution is 7.89. The number of carbonyl (C=O) groups is 1. The van der Waals surface area contributed by atoms with Gasteiger partial charge < -0.3 is 10.1 Å². The Kier molecular flexibility index (Phi) is 6.46. The molecule has 1 aliphatic rings. The second-order valence-electron chi connectivity index (χ2n) is 7.34. The number of rotatable bonds is 7. The lowest BCUT2D eigenvalue weighted by Gasteiger charge is -2.23. The van der Waals surface area contributed by atoms with Crippen molar-refractivity contribution in [1.29, 1.82) is 0 Å². The molecule has 0 spiro atoms. The average molecular weight is 459 g/mol. The van der Waals surface area contributed by atoms with Crippen LogP contribution in [0.2, 0.25) is 5.02 Å². The Bertz CT molecular complexity index is 1180. The molecule has 3 aromatic carbocycles. The molecule has 0 radical (unpaired) electrons. The first-order valence-corrected chi connectivity index (χ1v) is 11.9. The van der Waals surface area contributed by atoms with Crippen molar-refractivity contribution in [2.75, 3.05) is 19.7 Å². The van der Waals surface area contributed by atoms with Crippen molar-refractivity contribution in [3.8, 4) is 5.75 Å². The maximum absolute atomic E-state index is 13.0. The van der Waals surface area contributed by atoms with Crippen molar-refractivity contribution in [2.45, 2.75) is 23.8 Å². The molecule has 8 heteroatoms. The fraction of sp³-hybridized carbons (Fsp3) is 0.261. The molecule has 1 unspecified atom stereocenters. The van der Waals surface area contributed by atoms with Crippen LogP contribution in [0, 0.1) is 0 Å². The van der Waals surface area contributed by atoms with Gasteiger partial charge in [0.2, 0.25) is 15.9 Å². The van der Waals surface area contributed by atoms with Gasteiger partial charge in [0.05, 0.1) is 11.4 Å². The van der Waals surface area contributed by atoms with Crippen LogP contribution in [0.3, 0.4) is 0 Å². The normalized spacial score (nSPS) is 17.0. The fourth-order valence-corrected chi connectivity index (χ4v) is 5.59. The van der Waals surface area contributed by atoms with Gasteiger partial charge in [-0.05, 0) is 48.6 Å². The van der Waals surface area contributed by atoms with Gasteiger partial charge in [-0.15, -0.1) is 0 Å². The van der Waals surface area contributed by atoms with E-state index in [9.17, 15) is 13.2 Å². The van der Waals surface area contributed by atoms with E-state index >= 15 is 0 Å². The summed E-state index contributed by atoms with van der Waals surface area (Å²) in [6.45, 7) is 0.888. The van der Waals surface area contributed by atoms with Gasteiger partial charge >= 0.3 is 0 Å². The lowest BCUT2D eigenvalue weighted by atomic mass is 10.1. The van der Waals surface area contributed by atoms with Crippen molar-refractivity contribution >= 4 is 38.3 Å². The van der Waals surface area contributed by atoms with E-state index in [1.807, 2.05) is 42.5 Å². The molecule has 1 aliphatic heterocycles. The predicted octanol–water partition coefficient (Wildman–Crippen LogP) is 3.84. The summed E-state index contributed by atoms with van der Waals surface area (Å²) in [6.07, 6.45) is 1.13. The number of benzene rings is 3. The Balaban J connectivity index is 1.36. The molecule has 1 atom stereocenters. The zero-order valence-corrected chi connectivity index (χ0v) is 18.4. The molecule has 0 bridgehead atoms. The van der Waals surface area contributed by atoms with Crippen LogP contribution in [0.4, 0.5) is 0 Å². The van der Waals surface area contributed by atoms with E-state index in [4.69, 9.17) is 16.3 Å². The first-order valence-electron chi connectivity index (χ1n) is 10.1. The molecule has 1 N–H and O–H groups in total. The van der Waals surface area contributed by atoms with Gasteiger partial charge in [0.15, 0.2) is 0 Å². The number of nitrogens with zero attached hydrogens (tertiary/aromatic N) is 1. The van der Waals surface area contributed by atoms with E-state index < -0.39 is 16.1 Å². The molecule has 3 aromatic rings. The first kappa shape index (κ1) is 21.6. The van der Waals surface area contributed by atoms with Gasteiger partial charge in [-0.1, -0.05) is 48.0 Å². The van der Waals surface area contributed by atoms with Gasteiger partial charge in [-0.25, -0.2) is 8.42 Å². The number of ether oxygens (including phenoxy) is 1. The molecule has 1 fully saturated rings. The highest BCUT2D eigenvalue weighted by Crippen LogP contribution is 2.27. The van der Waals surface area contributed by atoms with Crippen molar-refractivity contribution < 1.29 is 17.9 Å². The maximum atomic E-state index is 13.0. The molecular weight excluding hydrogens is 436 g/mol. The van der Waals surface area contributed by atoms with Gasteiger partial charge in [0.1, 0.15) is 18.4 Å². The monoisotopic (exact) mass is 458 g/mol. The zero-order chi connectivity index (χ0) is 21.8. The Morgan fingerprint density at radius 1 is 1.06 bits per heavy atom. The third-order valence-corrected chi connectivity index (χ3v) is 7.51. The first-order chi connectivity index (χ1) is 15.0. The lowest BCUT2D eigenvalue weighted by Crippen LogP contribution is -2.46. The summed E-state index contributed by atoms with van der Waals surface area (Å²) in [4.78, 5) is 12.9. The number of carbonyl (C=O) groups excluding carboxylic acids is 1. The van der Waals surface area contributed by atoms with E-state index in [1.54, 1.807) is 0 Å². The van der Waals surface area contributed by atoms with E-state index in [2.05, 4.69) is 5.32 Å². The standard InChI is InChI=1S/C23H23ClN2O4S/c24-18-10-12-19(13-11-18)31(28,29)26-15-4-8-21(26)23(27)25-14-16-30-22-9-3-6-17-5-1-2-7-20(17)22/h1-3,5-7,9-13,21H,4,8,14-16H2,(H,25,27). The van der Waals surface area contributed by atoms with Crippen LogP contribution in [0.1, 0.15) is 12.8 Å². The minimum Gasteiger partial charge on any atom is -0.491 e. The van der Waals surface area contributed by atoms with Gasteiger partial charge in [-0.3, -0.25) is 4.79 Å². The van der Waals surface area contributed by atoms with E-state index in [-0.39, 0.29) is 24.0 Å². The Morgan fingerprint density at radius 3 is 2.61 bits per heavy atom. The molecule has 4 rings (SSSR count). The highest BCUT2D eigenvalue weighted by Gasteiger charge is 2.39. The van der Waals surface area contributed by atoms with Crippen LogP contribution in [0.5, 0.6) is 5.75 Å². The summed E-state index contributed by atoms with van der Waals surface area (Å²) in [5.74, 6) is 0.441. The van der Waals surface area contributed by atoms with Crippen LogP contribution in [0.25, 0.3) is 10.8 Å². The average Bonchev–Trinajstić information content (AvgIpc) is 3.28. The summed E-state index contributed by atoms with van der Waals surface area (Å²) in [7, 11) is -3.76. The molecule has 6 nitrogen and oxygen atoms in total. The third-order valence-electron chi connectivity index (χ3n) is 5.34. The van der Waals surface area contributed by atoms with E-state index in [0.717, 1.165) is 16.5 Å². The number of sulfonamides is 1. The summed E-state index contributed by atoms with van der Waals surface area (Å²) in [6, 6.07) is 19.0. The van der Waals surface area contributed by atoms with Crippen molar-refractivity contribution in [2.24, 2.45) is 0 Å². The van der Waals surface area contributed by atoms with Gasteiger partial charge in [0, 0.05) is 17.0 Å². The predicted molar refractivity (Wildman–Crippen MR) is 121 cm³/mol. The smallest absolute Gasteiger partial charge is 0.243 e. The molecule has 1 heterocycles. The van der Waals surface area contributed by atoms with Crippen LogP contribution >= 0.6 is 11.6 Å². The van der Waals surface area contributed by atoms with Crippen molar-refractivity contribution in [3.05, 3.63) is 71.8 Å². The fourth-order valence-electron chi connectivity index (χ4n) is 3.81. The minimum absolute atomic E-state index is 0.135. The molecule has 162 valence electrons. The van der Waals surface area contributed by atoms with Crippen molar-refractivity contribution in [3.63, 3.8) is 0 Å². The number of halogens is 1. The topological polar surface area (TPSA) is 75.7 Å². The molecule has 1 amide bonds. The summed E-state index contributed by atoms with van der Waals surface area (Å²) < 4.78 is 33.1. The van der Waals surface area contributed by atoms with Gasteiger partial charge in [0.25, 0.3) is 0 Å². The van der Waals surface area contributed by atoms with Crippen LogP contribution in [-0.4, -0.2) is 44.4 Å². The minimum atomic E-state index is -3.76. The van der Waals surface area contributed by atoms with Crippen molar-refractivity contribution in [1.82, 2.24) is 9.62 Å². The highest BCUT2D eigenvalue weighted by atomic mass is 35.5. The second kappa shape index (κ2) is 9.26. The molecule has 0 saturated carbocycles. The Labute approximate surface area is 186 Å². The molecule has 31 heavy (non-hydrogen) atoms. The number of hydrogen-bond donors (Lipinski definition) is 1. The van der Waals surface area contributed by atoms with E-state index in [0.29, 0.717) is 24.4 Å². The largest absolute Gasteiger partial charge is 0.491 e. The summed E-state index contributed by atoms with van der Waals surface area (Å²) >= 11 is 5.86. The summed E-state index contributed by atoms with van der Waals surface area (Å²) in [5.41, 5.74) is 0.